The largest absolute Gasteiger partial charge is 0.355 e. The molecule has 5 heteroatoms. The van der Waals surface area contributed by atoms with Crippen molar-refractivity contribution in [2.75, 3.05) is 24.5 Å². The standard InChI is InChI=1S/C18H23BrN4/c1-17(2,3)16-18(9-20-16)6-7-23(10-18)15-13-8-12(19)4-5-14(13)21-11-22-15/h4-5,8,11,16,20H,6-7,9-10H2,1-3H3. The number of fused-ring (bicyclic) bond motifs is 1. The molecule has 23 heavy (non-hydrogen) atoms. The van der Waals surface area contributed by atoms with E-state index >= 15 is 0 Å². The number of benzene rings is 1. The van der Waals surface area contributed by atoms with Crippen molar-refractivity contribution in [1.82, 2.24) is 15.3 Å². The summed E-state index contributed by atoms with van der Waals surface area (Å²) >= 11 is 3.57. The molecule has 4 rings (SSSR count). The van der Waals surface area contributed by atoms with Crippen molar-refractivity contribution >= 4 is 32.7 Å². The zero-order valence-corrected chi connectivity index (χ0v) is 15.5. The van der Waals surface area contributed by atoms with E-state index in [2.05, 4.69) is 69.0 Å². The molecule has 0 aliphatic carbocycles. The first-order chi connectivity index (χ1) is 10.9. The summed E-state index contributed by atoms with van der Waals surface area (Å²) in [4.78, 5) is 11.5. The topological polar surface area (TPSA) is 41.0 Å². The second kappa shape index (κ2) is 5.15. The van der Waals surface area contributed by atoms with Crippen molar-refractivity contribution in [2.45, 2.75) is 33.2 Å². The Morgan fingerprint density at radius 2 is 2.13 bits per heavy atom. The monoisotopic (exact) mass is 374 g/mol. The molecule has 4 nitrogen and oxygen atoms in total. The zero-order valence-electron chi connectivity index (χ0n) is 13.9. The van der Waals surface area contributed by atoms with Gasteiger partial charge in [-0.3, -0.25) is 0 Å². The lowest BCUT2D eigenvalue weighted by Crippen LogP contribution is -2.68. The lowest BCUT2D eigenvalue weighted by atomic mass is 9.63. The van der Waals surface area contributed by atoms with E-state index < -0.39 is 0 Å². The summed E-state index contributed by atoms with van der Waals surface area (Å²) in [7, 11) is 0. The average Bonchev–Trinajstić information content (AvgIpc) is 2.91. The van der Waals surface area contributed by atoms with Crippen LogP contribution in [0.3, 0.4) is 0 Å². The molecule has 1 aromatic heterocycles. The Morgan fingerprint density at radius 3 is 2.83 bits per heavy atom. The second-order valence-corrected chi connectivity index (χ2v) is 8.99. The Morgan fingerprint density at radius 1 is 1.30 bits per heavy atom. The van der Waals surface area contributed by atoms with E-state index in [1.807, 2.05) is 6.07 Å². The molecule has 2 aliphatic rings. The van der Waals surface area contributed by atoms with Gasteiger partial charge in [0.2, 0.25) is 0 Å². The van der Waals surface area contributed by atoms with Crippen LogP contribution >= 0.6 is 15.9 Å². The molecule has 0 radical (unpaired) electrons. The maximum Gasteiger partial charge on any atom is 0.139 e. The average molecular weight is 375 g/mol. The van der Waals surface area contributed by atoms with E-state index in [0.29, 0.717) is 16.9 Å². The van der Waals surface area contributed by atoms with Crippen LogP contribution in [0.25, 0.3) is 10.9 Å². The fourth-order valence-corrected chi connectivity index (χ4v) is 4.80. The molecule has 2 saturated heterocycles. The number of hydrogen-bond donors (Lipinski definition) is 1. The summed E-state index contributed by atoms with van der Waals surface area (Å²) in [6.45, 7) is 10.3. The first-order valence-corrected chi connectivity index (χ1v) is 9.07. The van der Waals surface area contributed by atoms with Crippen LogP contribution in [0.4, 0.5) is 5.82 Å². The molecule has 0 bridgehead atoms. The number of halogens is 1. The molecule has 1 N–H and O–H groups in total. The van der Waals surface area contributed by atoms with Crippen LogP contribution in [-0.2, 0) is 0 Å². The summed E-state index contributed by atoms with van der Waals surface area (Å²) in [6.07, 6.45) is 2.93. The Labute approximate surface area is 145 Å². The zero-order chi connectivity index (χ0) is 16.2. The maximum atomic E-state index is 4.61. The highest BCUT2D eigenvalue weighted by molar-refractivity contribution is 9.10. The molecule has 2 atom stereocenters. The Kier molecular flexibility index (Phi) is 3.43. The summed E-state index contributed by atoms with van der Waals surface area (Å²) in [5.74, 6) is 1.08. The van der Waals surface area contributed by atoms with E-state index in [-0.39, 0.29) is 0 Å². The molecule has 122 valence electrons. The third-order valence-electron chi connectivity index (χ3n) is 5.40. The van der Waals surface area contributed by atoms with Crippen molar-refractivity contribution in [1.29, 1.82) is 0 Å². The van der Waals surface area contributed by atoms with Crippen molar-refractivity contribution in [3.8, 4) is 0 Å². The van der Waals surface area contributed by atoms with Crippen molar-refractivity contribution in [3.05, 3.63) is 29.0 Å². The number of hydrogen-bond acceptors (Lipinski definition) is 4. The fraction of sp³-hybridized carbons (Fsp3) is 0.556. The van der Waals surface area contributed by atoms with Gasteiger partial charge in [0.15, 0.2) is 0 Å². The lowest BCUT2D eigenvalue weighted by molar-refractivity contribution is 0.0251. The molecule has 3 heterocycles. The second-order valence-electron chi connectivity index (χ2n) is 8.07. The highest BCUT2D eigenvalue weighted by Crippen LogP contribution is 2.47. The summed E-state index contributed by atoms with van der Waals surface area (Å²) in [5, 5.41) is 4.81. The molecule has 0 saturated carbocycles. The molecule has 1 spiro atoms. The fourth-order valence-electron chi connectivity index (χ4n) is 4.44. The summed E-state index contributed by atoms with van der Waals surface area (Å²) < 4.78 is 1.08. The third-order valence-corrected chi connectivity index (χ3v) is 5.89. The minimum absolute atomic E-state index is 0.297. The van der Waals surface area contributed by atoms with Gasteiger partial charge >= 0.3 is 0 Å². The van der Waals surface area contributed by atoms with Crippen molar-refractivity contribution < 1.29 is 0 Å². The van der Waals surface area contributed by atoms with Crippen LogP contribution in [-0.4, -0.2) is 35.6 Å². The van der Waals surface area contributed by atoms with Crippen LogP contribution in [0.1, 0.15) is 27.2 Å². The van der Waals surface area contributed by atoms with Gasteiger partial charge in [0, 0.05) is 41.0 Å². The predicted molar refractivity (Wildman–Crippen MR) is 97.7 cm³/mol. The molecular formula is C18H23BrN4. The molecule has 2 unspecified atom stereocenters. The first-order valence-electron chi connectivity index (χ1n) is 8.28. The van der Waals surface area contributed by atoms with Gasteiger partial charge < -0.3 is 10.2 Å². The first kappa shape index (κ1) is 15.3. The van der Waals surface area contributed by atoms with E-state index in [1.165, 1.54) is 6.42 Å². The molecule has 2 aliphatic heterocycles. The van der Waals surface area contributed by atoms with E-state index in [4.69, 9.17) is 0 Å². The van der Waals surface area contributed by atoms with Gasteiger partial charge in [-0.2, -0.15) is 0 Å². The number of anilines is 1. The van der Waals surface area contributed by atoms with Gasteiger partial charge in [0.1, 0.15) is 12.1 Å². The van der Waals surface area contributed by atoms with Crippen LogP contribution in [0.15, 0.2) is 29.0 Å². The highest BCUT2D eigenvalue weighted by Gasteiger charge is 2.54. The van der Waals surface area contributed by atoms with E-state index in [1.54, 1.807) is 6.33 Å². The normalized spacial score (nSPS) is 27.7. The molecule has 1 aromatic carbocycles. The van der Waals surface area contributed by atoms with Gasteiger partial charge in [-0.1, -0.05) is 36.7 Å². The van der Waals surface area contributed by atoms with E-state index in [9.17, 15) is 0 Å². The molecular weight excluding hydrogens is 352 g/mol. The minimum Gasteiger partial charge on any atom is -0.355 e. The quantitative estimate of drug-likeness (QED) is 0.827. The smallest absolute Gasteiger partial charge is 0.139 e. The maximum absolute atomic E-state index is 4.61. The summed E-state index contributed by atoms with van der Waals surface area (Å²) in [6, 6.07) is 6.81. The Balaban J connectivity index is 1.68. The third kappa shape index (κ3) is 2.45. The van der Waals surface area contributed by atoms with Gasteiger partial charge in [-0.05, 0) is 30.0 Å². The lowest BCUT2D eigenvalue weighted by Gasteiger charge is -2.54. The minimum atomic E-state index is 0.297. The number of aromatic nitrogens is 2. The Bertz CT molecular complexity index is 754. The molecule has 2 aromatic rings. The van der Waals surface area contributed by atoms with Crippen LogP contribution < -0.4 is 10.2 Å². The van der Waals surface area contributed by atoms with Gasteiger partial charge in [0.25, 0.3) is 0 Å². The van der Waals surface area contributed by atoms with Crippen molar-refractivity contribution in [2.24, 2.45) is 10.8 Å². The molecule has 2 fully saturated rings. The van der Waals surface area contributed by atoms with Crippen LogP contribution in [0.2, 0.25) is 0 Å². The van der Waals surface area contributed by atoms with Gasteiger partial charge in [-0.15, -0.1) is 0 Å². The van der Waals surface area contributed by atoms with Crippen LogP contribution in [0.5, 0.6) is 0 Å². The number of nitrogens with one attached hydrogen (secondary N) is 1. The summed E-state index contributed by atoms with van der Waals surface area (Å²) in [5.41, 5.74) is 1.70. The molecule has 0 amide bonds. The van der Waals surface area contributed by atoms with Gasteiger partial charge in [0.05, 0.1) is 5.52 Å². The Hall–Kier alpha value is -1.20. The number of rotatable bonds is 1. The highest BCUT2D eigenvalue weighted by atomic mass is 79.9. The van der Waals surface area contributed by atoms with Crippen molar-refractivity contribution in [3.63, 3.8) is 0 Å². The van der Waals surface area contributed by atoms with Crippen LogP contribution in [0, 0.1) is 10.8 Å². The van der Waals surface area contributed by atoms with E-state index in [0.717, 1.165) is 40.8 Å². The number of nitrogens with zero attached hydrogens (tertiary/aromatic N) is 3. The van der Waals surface area contributed by atoms with Gasteiger partial charge in [-0.25, -0.2) is 9.97 Å². The predicted octanol–water partition coefficient (Wildman–Crippen LogP) is 3.61. The SMILES string of the molecule is CC(C)(C)C1NCC12CCN(c1ncnc3ccc(Br)cc13)C2.